The van der Waals surface area contributed by atoms with Crippen LogP contribution >= 0.6 is 0 Å². The average molecular weight is 694 g/mol. The maximum absolute atomic E-state index is 13.8. The molecular formula is C41H47N3O7. The Bertz CT molecular complexity index is 1670. The van der Waals surface area contributed by atoms with Crippen molar-refractivity contribution in [1.29, 1.82) is 0 Å². The van der Waals surface area contributed by atoms with Gasteiger partial charge in [0.2, 0.25) is 11.8 Å². The number of ether oxygens (including phenoxy) is 2. The first-order chi connectivity index (χ1) is 24.9. The molecule has 6 rings (SSSR count). The minimum atomic E-state index is -0.942. The zero-order chi connectivity index (χ0) is 35.6. The van der Waals surface area contributed by atoms with E-state index in [1.807, 2.05) is 78.9 Å². The first-order valence-corrected chi connectivity index (χ1v) is 18.0. The minimum Gasteiger partial charge on any atom is -0.462 e. The Morgan fingerprint density at radius 2 is 1.59 bits per heavy atom. The highest BCUT2D eigenvalue weighted by Crippen LogP contribution is 2.44. The molecule has 3 N–H and O–H groups in total. The molecule has 0 bridgehead atoms. The first-order valence-electron chi connectivity index (χ1n) is 18.0. The maximum atomic E-state index is 13.8. The summed E-state index contributed by atoms with van der Waals surface area (Å²) in [4.78, 5) is 55.5. The van der Waals surface area contributed by atoms with Gasteiger partial charge in [-0.25, -0.2) is 9.59 Å². The van der Waals surface area contributed by atoms with E-state index in [9.17, 15) is 24.3 Å². The number of alkyl carbamates (subject to hydrolysis) is 1. The number of benzene rings is 3. The van der Waals surface area contributed by atoms with Gasteiger partial charge in [0, 0.05) is 25.4 Å². The number of esters is 1. The van der Waals surface area contributed by atoms with E-state index in [0.717, 1.165) is 40.7 Å². The van der Waals surface area contributed by atoms with Gasteiger partial charge in [-0.3, -0.25) is 9.59 Å². The van der Waals surface area contributed by atoms with Gasteiger partial charge >= 0.3 is 12.1 Å². The quantitative estimate of drug-likeness (QED) is 0.195. The maximum Gasteiger partial charge on any atom is 0.407 e. The van der Waals surface area contributed by atoms with E-state index in [4.69, 9.17) is 9.47 Å². The van der Waals surface area contributed by atoms with Crippen molar-refractivity contribution in [3.63, 3.8) is 0 Å². The number of allylic oxidation sites excluding steroid dienone is 2. The van der Waals surface area contributed by atoms with Crippen molar-refractivity contribution in [2.24, 2.45) is 5.92 Å². The fourth-order valence-electron chi connectivity index (χ4n) is 7.54. The van der Waals surface area contributed by atoms with Gasteiger partial charge in [-0.05, 0) is 59.9 Å². The van der Waals surface area contributed by atoms with E-state index < -0.39 is 29.6 Å². The molecule has 0 radical (unpaired) electrons. The molecule has 1 heterocycles. The Morgan fingerprint density at radius 3 is 2.27 bits per heavy atom. The van der Waals surface area contributed by atoms with Crippen LogP contribution in [0.15, 0.2) is 91.0 Å². The van der Waals surface area contributed by atoms with Crippen LogP contribution in [0.4, 0.5) is 4.79 Å². The number of fused-ring (bicyclic) bond motifs is 3. The molecule has 1 saturated carbocycles. The van der Waals surface area contributed by atoms with Gasteiger partial charge in [0.1, 0.15) is 19.3 Å². The zero-order valence-electron chi connectivity index (χ0n) is 28.9. The lowest BCUT2D eigenvalue weighted by Crippen LogP contribution is -2.53. The van der Waals surface area contributed by atoms with Crippen molar-refractivity contribution in [3.05, 3.63) is 108 Å². The Kier molecular flexibility index (Phi) is 11.8. The second-order valence-electron chi connectivity index (χ2n) is 13.8. The van der Waals surface area contributed by atoms with E-state index in [1.165, 1.54) is 0 Å². The molecule has 1 fully saturated rings. The molecule has 2 atom stereocenters. The Morgan fingerprint density at radius 1 is 0.922 bits per heavy atom. The van der Waals surface area contributed by atoms with Gasteiger partial charge in [0.15, 0.2) is 0 Å². The topological polar surface area (TPSA) is 134 Å². The Balaban J connectivity index is 1.11. The highest BCUT2D eigenvalue weighted by Gasteiger charge is 2.40. The number of carbonyl (C=O) groups excluding carboxylic acids is 4. The van der Waals surface area contributed by atoms with Gasteiger partial charge in [-0.1, -0.05) is 104 Å². The summed E-state index contributed by atoms with van der Waals surface area (Å²) >= 11 is 0. The first kappa shape index (κ1) is 35.9. The molecular weight excluding hydrogens is 646 g/mol. The van der Waals surface area contributed by atoms with Crippen LogP contribution in [0.3, 0.4) is 0 Å². The number of nitrogens with one attached hydrogen (secondary N) is 2. The van der Waals surface area contributed by atoms with Crippen molar-refractivity contribution in [3.8, 4) is 11.1 Å². The predicted molar refractivity (Wildman–Crippen MR) is 192 cm³/mol. The fraction of sp³-hybridized carbons (Fsp3) is 0.415. The number of carbonyl (C=O) groups is 4. The van der Waals surface area contributed by atoms with Gasteiger partial charge in [0.05, 0.1) is 18.1 Å². The van der Waals surface area contributed by atoms with Crippen molar-refractivity contribution in [1.82, 2.24) is 15.5 Å². The Labute approximate surface area is 299 Å². The summed E-state index contributed by atoms with van der Waals surface area (Å²) in [6.07, 6.45) is 7.04. The SMILES string of the molecule is O=C(NC1CCC=CCC(CC(=O)N(CCO)Cc2ccccc2)C(=O)NC2(CCCC2)COC1=O)OCC1c2ccccc2-c2ccccc21. The van der Waals surface area contributed by atoms with E-state index in [0.29, 0.717) is 32.2 Å². The van der Waals surface area contributed by atoms with E-state index in [1.54, 1.807) is 4.90 Å². The van der Waals surface area contributed by atoms with Gasteiger partial charge < -0.3 is 30.1 Å². The number of rotatable bonds is 9. The summed E-state index contributed by atoms with van der Waals surface area (Å²) in [7, 11) is 0. The van der Waals surface area contributed by atoms with Crippen LogP contribution < -0.4 is 10.6 Å². The highest BCUT2D eigenvalue weighted by atomic mass is 16.6. The van der Waals surface area contributed by atoms with Gasteiger partial charge in [-0.15, -0.1) is 0 Å². The molecule has 3 aromatic carbocycles. The predicted octanol–water partition coefficient (Wildman–Crippen LogP) is 5.63. The van der Waals surface area contributed by atoms with Gasteiger partial charge in [0.25, 0.3) is 0 Å². The fourth-order valence-corrected chi connectivity index (χ4v) is 7.54. The van der Waals surface area contributed by atoms with Crippen LogP contribution in [0, 0.1) is 5.92 Å². The summed E-state index contributed by atoms with van der Waals surface area (Å²) < 4.78 is 11.6. The zero-order valence-corrected chi connectivity index (χ0v) is 28.9. The lowest BCUT2D eigenvalue weighted by Gasteiger charge is -2.32. The van der Waals surface area contributed by atoms with Crippen LogP contribution in [0.25, 0.3) is 11.1 Å². The molecule has 1 spiro atoms. The van der Waals surface area contributed by atoms with E-state index >= 15 is 0 Å². The molecule has 0 saturated heterocycles. The normalized spacial score (nSPS) is 20.2. The Hall–Kier alpha value is -4.96. The molecule has 10 nitrogen and oxygen atoms in total. The van der Waals surface area contributed by atoms with Crippen molar-refractivity contribution < 1.29 is 33.8 Å². The summed E-state index contributed by atoms with van der Waals surface area (Å²) in [6.45, 7) is 0.407. The second kappa shape index (κ2) is 16.8. The van der Waals surface area contributed by atoms with Crippen LogP contribution in [0.5, 0.6) is 0 Å². The molecule has 51 heavy (non-hydrogen) atoms. The molecule has 3 amide bonds. The van der Waals surface area contributed by atoms with Crippen LogP contribution in [-0.4, -0.2) is 71.8 Å². The molecule has 2 unspecified atom stereocenters. The molecule has 3 aromatic rings. The molecule has 268 valence electrons. The standard InChI is InChI=1S/C41H47N3O7/c45-24-23-44(26-29-13-3-1-4-14-29)37(46)25-30-15-5-2-6-20-36(39(48)51-28-41(43-38(30)47)21-11-12-22-41)42-40(49)50-27-35-33-18-9-7-16-31(33)32-17-8-10-19-34(32)35/h1-5,7-10,13-14,16-19,30,35-36,45H,6,11-12,15,20-28H2,(H,42,49)(H,43,47). The monoisotopic (exact) mass is 693 g/mol. The molecule has 0 aromatic heterocycles. The van der Waals surface area contributed by atoms with Crippen LogP contribution in [0.1, 0.15) is 74.0 Å². The smallest absolute Gasteiger partial charge is 0.407 e. The third-order valence-corrected chi connectivity index (χ3v) is 10.3. The van der Waals surface area contributed by atoms with Gasteiger partial charge in [-0.2, -0.15) is 0 Å². The highest BCUT2D eigenvalue weighted by molar-refractivity contribution is 5.87. The number of hydrogen-bond donors (Lipinski definition) is 3. The molecule has 2 aliphatic carbocycles. The summed E-state index contributed by atoms with van der Waals surface area (Å²) in [5.74, 6) is -1.82. The van der Waals surface area contributed by atoms with Crippen molar-refractivity contribution in [2.75, 3.05) is 26.4 Å². The van der Waals surface area contributed by atoms with E-state index in [2.05, 4.69) is 22.8 Å². The largest absolute Gasteiger partial charge is 0.462 e. The number of nitrogens with zero attached hydrogens (tertiary/aromatic N) is 1. The third-order valence-electron chi connectivity index (χ3n) is 10.3. The molecule has 3 aliphatic rings. The average Bonchev–Trinajstić information content (AvgIpc) is 3.74. The summed E-state index contributed by atoms with van der Waals surface area (Å²) in [5.41, 5.74) is 4.63. The van der Waals surface area contributed by atoms with Crippen molar-refractivity contribution >= 4 is 23.9 Å². The lowest BCUT2D eigenvalue weighted by molar-refractivity contribution is -0.149. The number of aliphatic hydroxyl groups excluding tert-OH is 1. The van der Waals surface area contributed by atoms with Crippen molar-refractivity contribution in [2.45, 2.75) is 75.4 Å². The van der Waals surface area contributed by atoms with E-state index in [-0.39, 0.29) is 56.9 Å². The minimum absolute atomic E-state index is 0.0230. The molecule has 1 aliphatic heterocycles. The number of aliphatic hydroxyl groups is 1. The second-order valence-corrected chi connectivity index (χ2v) is 13.8. The molecule has 10 heteroatoms. The lowest BCUT2D eigenvalue weighted by atomic mass is 9.94. The number of cyclic esters (lactones) is 1. The third kappa shape index (κ3) is 8.86. The summed E-state index contributed by atoms with van der Waals surface area (Å²) in [6, 6.07) is 24.8. The number of hydrogen-bond acceptors (Lipinski definition) is 7. The summed E-state index contributed by atoms with van der Waals surface area (Å²) in [5, 5.41) is 15.6. The van der Waals surface area contributed by atoms with Crippen LogP contribution in [-0.2, 0) is 30.4 Å². The van der Waals surface area contributed by atoms with Crippen LogP contribution in [0.2, 0.25) is 0 Å². The number of amides is 3.